The van der Waals surface area contributed by atoms with Crippen LogP contribution < -0.4 is 32.3 Å². The van der Waals surface area contributed by atoms with Gasteiger partial charge in [-0.2, -0.15) is 0 Å². The molecule has 25 heteroatoms. The molecule has 2 unspecified atom stereocenters. The fourth-order valence-electron chi connectivity index (χ4n) is 4.86. The van der Waals surface area contributed by atoms with Crippen molar-refractivity contribution in [1.29, 1.82) is 0 Å². The standard InChI is InChI=1S/2C13H13N5O5S2.Mg/c2*1-23-17-7(5-4-25-13(14)15-5)9(19)16-8-10(20)18-6(12(21)22)2-3-24-11(8)18;/h2*2,4,8,11H,3H2,1H3,(H2,14,15)(H,16,19)(H,21,22);/q;;+2/p-2/t2*8?,11-;/m11./s1. The Bertz CT molecular complexity index is 1750. The molecule has 0 aliphatic carbocycles. The van der Waals surface area contributed by atoms with E-state index in [1.54, 1.807) is 0 Å². The quantitative estimate of drug-likeness (QED) is 0.0769. The van der Waals surface area contributed by atoms with Crippen molar-refractivity contribution >= 4 is 127 Å². The summed E-state index contributed by atoms with van der Waals surface area (Å²) < 4.78 is 0. The SMILES string of the molecule is CON=C(C(=O)NC1C(=O)N2C(C(=O)[O-])=CCS[C@H]12)c1csc(N)n1.CON=C(C(=O)NC1C(=O)N2C(C(=O)[O-])=CCS[C@H]12)c1csc(N)n1.[Mg+2]. The van der Waals surface area contributed by atoms with Crippen LogP contribution in [0, 0.1) is 0 Å². The van der Waals surface area contributed by atoms with Crippen molar-refractivity contribution in [2.45, 2.75) is 22.8 Å². The molecule has 2 aromatic rings. The first-order chi connectivity index (χ1) is 23.9. The van der Waals surface area contributed by atoms with Gasteiger partial charge in [0.2, 0.25) is 0 Å². The van der Waals surface area contributed by atoms with Crippen molar-refractivity contribution in [3.8, 4) is 0 Å². The van der Waals surface area contributed by atoms with Gasteiger partial charge in [0, 0.05) is 22.3 Å². The largest absolute Gasteiger partial charge is 2.00 e. The number of thiazole rings is 2. The molecule has 4 aliphatic heterocycles. The van der Waals surface area contributed by atoms with Crippen molar-refractivity contribution < 1.29 is 48.7 Å². The number of thioether (sulfide) groups is 2. The predicted octanol–water partition coefficient (Wildman–Crippen LogP) is -4.16. The number of nitrogen functional groups attached to an aromatic ring is 2. The molecular weight excluding hydrogens is 765 g/mol. The molecule has 6 rings (SSSR count). The zero-order valence-electron chi connectivity index (χ0n) is 26.3. The molecule has 2 aromatic heterocycles. The maximum atomic E-state index is 12.5. The Labute approximate surface area is 319 Å². The van der Waals surface area contributed by atoms with Crippen molar-refractivity contribution in [2.24, 2.45) is 10.3 Å². The zero-order chi connectivity index (χ0) is 36.3. The molecule has 4 atom stereocenters. The first kappa shape index (κ1) is 39.4. The molecule has 51 heavy (non-hydrogen) atoms. The summed E-state index contributed by atoms with van der Waals surface area (Å²) in [7, 11) is 2.54. The first-order valence-electron chi connectivity index (χ1n) is 13.9. The number of nitrogens with two attached hydrogens (primary N) is 2. The minimum atomic E-state index is -1.43. The number of aromatic nitrogens is 2. The summed E-state index contributed by atoms with van der Waals surface area (Å²) in [6.45, 7) is 0. The van der Waals surface area contributed by atoms with Crippen molar-refractivity contribution in [3.05, 3.63) is 45.7 Å². The van der Waals surface area contributed by atoms with Crippen LogP contribution >= 0.6 is 46.2 Å². The fourth-order valence-corrected chi connectivity index (χ4v) is 8.35. The number of carboxylic acids is 2. The summed E-state index contributed by atoms with van der Waals surface area (Å²) in [5.41, 5.74) is 10.9. The Morgan fingerprint density at radius 3 is 1.45 bits per heavy atom. The van der Waals surface area contributed by atoms with E-state index in [-0.39, 0.29) is 67.5 Å². The summed E-state index contributed by atoms with van der Waals surface area (Å²) in [6.07, 6.45) is 2.81. The number of carboxylic acid groups (broad SMARTS) is 2. The molecule has 0 radical (unpaired) electrons. The van der Waals surface area contributed by atoms with Crippen molar-refractivity contribution in [2.75, 3.05) is 37.2 Å². The molecule has 6 heterocycles. The molecule has 6 N–H and O–H groups in total. The number of carbonyl (C=O) groups is 6. The number of nitrogens with one attached hydrogen (secondary N) is 2. The molecule has 264 valence electrons. The third-order valence-corrected chi connectivity index (χ3v) is 10.7. The van der Waals surface area contributed by atoms with Gasteiger partial charge in [-0.1, -0.05) is 10.3 Å². The zero-order valence-corrected chi connectivity index (χ0v) is 31.0. The van der Waals surface area contributed by atoms with E-state index >= 15 is 0 Å². The Balaban J connectivity index is 0.000000224. The first-order valence-corrected chi connectivity index (χ1v) is 17.7. The Morgan fingerprint density at radius 2 is 1.16 bits per heavy atom. The smallest absolute Gasteiger partial charge is 0.543 e. The number of amides is 4. The van der Waals surface area contributed by atoms with Gasteiger partial charge in [0.1, 0.15) is 48.4 Å². The second-order valence-electron chi connectivity index (χ2n) is 9.91. The maximum Gasteiger partial charge on any atom is 2.00 e. The number of aliphatic carboxylic acids is 2. The van der Waals surface area contributed by atoms with Gasteiger partial charge < -0.3 is 51.6 Å². The molecule has 0 bridgehead atoms. The summed E-state index contributed by atoms with van der Waals surface area (Å²) in [4.78, 5) is 91.0. The van der Waals surface area contributed by atoms with E-state index < -0.39 is 58.4 Å². The predicted molar refractivity (Wildman–Crippen MR) is 182 cm³/mol. The summed E-state index contributed by atoms with van der Waals surface area (Å²) in [5, 5.41) is 37.1. The number of anilines is 2. The summed E-state index contributed by atoms with van der Waals surface area (Å²) in [6, 6.07) is -1.75. The number of nitrogens with zero attached hydrogens (tertiary/aromatic N) is 6. The maximum absolute atomic E-state index is 12.5. The third kappa shape index (κ3) is 8.06. The average Bonchev–Trinajstić information content (AvgIpc) is 3.73. The Hall–Kier alpha value is -4.43. The van der Waals surface area contributed by atoms with Crippen molar-refractivity contribution in [3.63, 3.8) is 0 Å². The van der Waals surface area contributed by atoms with Gasteiger partial charge in [-0.25, -0.2) is 9.97 Å². The molecule has 2 fully saturated rings. The van der Waals surface area contributed by atoms with Gasteiger partial charge in [-0.15, -0.1) is 46.2 Å². The number of rotatable bonds is 10. The van der Waals surface area contributed by atoms with Gasteiger partial charge in [0.25, 0.3) is 23.6 Å². The van der Waals surface area contributed by atoms with E-state index in [4.69, 9.17) is 11.5 Å². The van der Waals surface area contributed by atoms with Gasteiger partial charge in [-0.3, -0.25) is 29.0 Å². The number of hydrogen-bond donors (Lipinski definition) is 4. The average molecular weight is 789 g/mol. The fraction of sp³-hybridized carbons (Fsp3) is 0.308. The van der Waals surface area contributed by atoms with Crippen LogP contribution in [0.25, 0.3) is 0 Å². The molecule has 20 nitrogen and oxygen atoms in total. The van der Waals surface area contributed by atoms with E-state index in [1.807, 2.05) is 0 Å². The van der Waals surface area contributed by atoms with E-state index in [1.165, 1.54) is 60.7 Å². The monoisotopic (exact) mass is 788 g/mol. The number of carbonyl (C=O) groups excluding carboxylic acids is 6. The second-order valence-corrected chi connectivity index (χ2v) is 14.0. The van der Waals surface area contributed by atoms with E-state index in [2.05, 4.69) is 40.6 Å². The minimum Gasteiger partial charge on any atom is -0.543 e. The molecule has 0 spiro atoms. The van der Waals surface area contributed by atoms with Gasteiger partial charge in [-0.05, 0) is 12.2 Å². The number of oxime groups is 2. The normalized spacial score (nSPS) is 22.2. The van der Waals surface area contributed by atoms with Crippen LogP contribution in [0.15, 0.2) is 44.6 Å². The van der Waals surface area contributed by atoms with Crippen LogP contribution in [-0.2, 0) is 38.4 Å². The van der Waals surface area contributed by atoms with Crippen LogP contribution in [0.2, 0.25) is 0 Å². The molecule has 4 amide bonds. The molecule has 2 saturated heterocycles. The summed E-state index contributed by atoms with van der Waals surface area (Å²) >= 11 is 4.92. The molecule has 4 aliphatic rings. The Kier molecular flexibility index (Phi) is 12.9. The molecular formula is C26H24MgN10O10S4. The topological polar surface area (TPSA) is 300 Å². The van der Waals surface area contributed by atoms with Crippen LogP contribution in [0.1, 0.15) is 11.4 Å². The van der Waals surface area contributed by atoms with Gasteiger partial charge >= 0.3 is 23.1 Å². The van der Waals surface area contributed by atoms with Gasteiger partial charge in [0.15, 0.2) is 21.7 Å². The minimum absolute atomic E-state index is 0. The van der Waals surface area contributed by atoms with E-state index in [0.717, 1.165) is 32.5 Å². The number of fused-ring (bicyclic) bond motifs is 2. The Morgan fingerprint density at radius 1 is 0.784 bits per heavy atom. The third-order valence-electron chi connectivity index (χ3n) is 7.01. The van der Waals surface area contributed by atoms with Crippen LogP contribution in [0.4, 0.5) is 10.3 Å². The van der Waals surface area contributed by atoms with Gasteiger partial charge in [0.05, 0.1) is 23.3 Å². The van der Waals surface area contributed by atoms with Crippen LogP contribution in [0.3, 0.4) is 0 Å². The number of β-lactam (4-membered cyclic amide) rings is 2. The van der Waals surface area contributed by atoms with E-state index in [0.29, 0.717) is 11.5 Å². The van der Waals surface area contributed by atoms with E-state index in [9.17, 15) is 39.0 Å². The number of hydrogen-bond acceptors (Lipinski definition) is 20. The molecule has 0 aromatic carbocycles. The summed E-state index contributed by atoms with van der Waals surface area (Å²) in [5.74, 6) is -4.47. The van der Waals surface area contributed by atoms with Crippen LogP contribution in [0.5, 0.6) is 0 Å². The van der Waals surface area contributed by atoms with Crippen LogP contribution in [-0.4, -0.2) is 138 Å². The molecule has 0 saturated carbocycles. The van der Waals surface area contributed by atoms with Crippen molar-refractivity contribution in [1.82, 2.24) is 30.4 Å². The second kappa shape index (κ2) is 16.7.